The summed E-state index contributed by atoms with van der Waals surface area (Å²) >= 11 is 0. The van der Waals surface area contributed by atoms with Gasteiger partial charge in [0.1, 0.15) is 6.04 Å². The van der Waals surface area contributed by atoms with Gasteiger partial charge in [-0.15, -0.1) is 0 Å². The molecule has 0 unspecified atom stereocenters. The van der Waals surface area contributed by atoms with Gasteiger partial charge in [0.25, 0.3) is 0 Å². The summed E-state index contributed by atoms with van der Waals surface area (Å²) in [6.07, 6.45) is 1.05. The summed E-state index contributed by atoms with van der Waals surface area (Å²) < 4.78 is 25.9. The lowest BCUT2D eigenvalue weighted by atomic mass is 10.1. The Morgan fingerprint density at radius 3 is 2.87 bits per heavy atom. The third-order valence-corrected chi connectivity index (χ3v) is 3.63. The van der Waals surface area contributed by atoms with Crippen LogP contribution >= 0.6 is 0 Å². The largest absolute Gasteiger partial charge is 0.387 e. The summed E-state index contributed by atoms with van der Waals surface area (Å²) in [4.78, 5) is 23.5. The second-order valence-electron chi connectivity index (χ2n) is 5.38. The molecule has 2 atom stereocenters. The first-order valence-electron chi connectivity index (χ1n) is 7.42. The number of amides is 3. The van der Waals surface area contributed by atoms with Crippen LogP contribution in [0.4, 0.5) is 13.6 Å². The van der Waals surface area contributed by atoms with E-state index in [1.54, 1.807) is 0 Å². The van der Waals surface area contributed by atoms with E-state index in [1.165, 1.54) is 6.07 Å². The number of aliphatic hydroxyl groups excluding tert-OH is 1. The maximum absolute atomic E-state index is 13.1. The Morgan fingerprint density at radius 1 is 1.35 bits per heavy atom. The molecule has 1 aromatic rings. The maximum Gasteiger partial charge on any atom is 0.315 e. The van der Waals surface area contributed by atoms with E-state index >= 15 is 0 Å². The lowest BCUT2D eigenvalue weighted by Gasteiger charge is -2.17. The molecule has 4 N–H and O–H groups in total. The third kappa shape index (κ3) is 4.88. The standard InChI is InChI=1S/C15H19F2N3O3/c16-10-5-4-9(7-11(10)17)13(21)8-19-15(23)20-12-3-1-2-6-18-14(12)22/h4-5,7,12-13,21H,1-3,6,8H2,(H,18,22)(H2,19,20,23)/t12-,13-/m1/s1. The lowest BCUT2D eigenvalue weighted by Crippen LogP contribution is -2.49. The fourth-order valence-corrected chi connectivity index (χ4v) is 2.31. The van der Waals surface area contributed by atoms with E-state index in [1.807, 2.05) is 0 Å². The van der Waals surface area contributed by atoms with Gasteiger partial charge in [-0.05, 0) is 37.0 Å². The van der Waals surface area contributed by atoms with Gasteiger partial charge < -0.3 is 21.1 Å². The Morgan fingerprint density at radius 2 is 2.13 bits per heavy atom. The van der Waals surface area contributed by atoms with Gasteiger partial charge in [0.05, 0.1) is 6.10 Å². The molecular weight excluding hydrogens is 308 g/mol. The zero-order valence-corrected chi connectivity index (χ0v) is 12.4. The first-order chi connectivity index (χ1) is 11.0. The molecule has 1 saturated heterocycles. The average Bonchev–Trinajstić information content (AvgIpc) is 2.72. The zero-order chi connectivity index (χ0) is 16.8. The van der Waals surface area contributed by atoms with E-state index in [0.717, 1.165) is 25.0 Å². The van der Waals surface area contributed by atoms with Gasteiger partial charge in [-0.2, -0.15) is 0 Å². The van der Waals surface area contributed by atoms with Gasteiger partial charge in [0, 0.05) is 13.1 Å². The molecule has 3 amide bonds. The molecule has 8 heteroatoms. The van der Waals surface area contributed by atoms with Crippen molar-refractivity contribution in [2.75, 3.05) is 13.1 Å². The molecule has 126 valence electrons. The molecule has 0 aliphatic carbocycles. The van der Waals surface area contributed by atoms with E-state index < -0.39 is 29.8 Å². The van der Waals surface area contributed by atoms with Crippen LogP contribution in [-0.2, 0) is 4.79 Å². The highest BCUT2D eigenvalue weighted by atomic mass is 19.2. The van der Waals surface area contributed by atoms with E-state index in [-0.39, 0.29) is 18.0 Å². The molecule has 1 aromatic carbocycles. The van der Waals surface area contributed by atoms with Crippen molar-refractivity contribution in [1.82, 2.24) is 16.0 Å². The number of carbonyl (C=O) groups excluding carboxylic acids is 2. The Balaban J connectivity index is 1.83. The second-order valence-corrected chi connectivity index (χ2v) is 5.38. The molecule has 1 heterocycles. The number of aliphatic hydroxyl groups is 1. The predicted molar refractivity (Wildman–Crippen MR) is 78.5 cm³/mol. The molecule has 0 spiro atoms. The summed E-state index contributed by atoms with van der Waals surface area (Å²) in [5.74, 6) is -2.31. The quantitative estimate of drug-likeness (QED) is 0.664. The van der Waals surface area contributed by atoms with Gasteiger partial charge in [-0.25, -0.2) is 13.6 Å². The van der Waals surface area contributed by atoms with Crippen molar-refractivity contribution >= 4 is 11.9 Å². The predicted octanol–water partition coefficient (Wildman–Crippen LogP) is 0.966. The van der Waals surface area contributed by atoms with Crippen molar-refractivity contribution in [3.05, 3.63) is 35.4 Å². The van der Waals surface area contributed by atoms with Crippen LogP contribution in [0.3, 0.4) is 0 Å². The SMILES string of the molecule is O=C(NC[C@@H](O)c1ccc(F)c(F)c1)N[C@@H]1CCCCNC1=O. The van der Waals surface area contributed by atoms with Crippen LogP contribution in [-0.4, -0.2) is 36.2 Å². The molecule has 6 nitrogen and oxygen atoms in total. The highest BCUT2D eigenvalue weighted by molar-refractivity contribution is 5.87. The first-order valence-corrected chi connectivity index (χ1v) is 7.42. The minimum Gasteiger partial charge on any atom is -0.387 e. The number of rotatable bonds is 4. The second kappa shape index (κ2) is 7.87. The molecule has 2 rings (SSSR count). The monoisotopic (exact) mass is 327 g/mol. The Bertz CT molecular complexity index is 583. The number of benzene rings is 1. The Kier molecular flexibility index (Phi) is 5.86. The lowest BCUT2D eigenvalue weighted by molar-refractivity contribution is -0.122. The zero-order valence-electron chi connectivity index (χ0n) is 12.4. The van der Waals surface area contributed by atoms with Gasteiger partial charge in [0.15, 0.2) is 11.6 Å². The van der Waals surface area contributed by atoms with Crippen LogP contribution in [0.25, 0.3) is 0 Å². The fraction of sp³-hybridized carbons (Fsp3) is 0.467. The molecule has 0 saturated carbocycles. The van der Waals surface area contributed by atoms with Gasteiger partial charge in [-0.3, -0.25) is 4.79 Å². The molecule has 1 fully saturated rings. The highest BCUT2D eigenvalue weighted by Crippen LogP contribution is 2.15. The van der Waals surface area contributed by atoms with Crippen molar-refractivity contribution < 1.29 is 23.5 Å². The Labute approximate surface area is 132 Å². The number of urea groups is 1. The summed E-state index contributed by atoms with van der Waals surface area (Å²) in [5, 5.41) is 17.5. The van der Waals surface area contributed by atoms with Gasteiger partial charge >= 0.3 is 6.03 Å². The molecule has 1 aliphatic heterocycles. The summed E-state index contributed by atoms with van der Waals surface area (Å²) in [6.45, 7) is 0.402. The van der Waals surface area contributed by atoms with Crippen molar-refractivity contribution in [2.45, 2.75) is 31.4 Å². The maximum atomic E-state index is 13.1. The third-order valence-electron chi connectivity index (χ3n) is 3.63. The molecular formula is C15H19F2N3O3. The van der Waals surface area contributed by atoms with E-state index in [2.05, 4.69) is 16.0 Å². The molecule has 1 aliphatic rings. The first kappa shape index (κ1) is 17.1. The number of halogens is 2. The number of nitrogens with one attached hydrogen (secondary N) is 3. The summed E-state index contributed by atoms with van der Waals surface area (Å²) in [5.41, 5.74) is 0.149. The summed E-state index contributed by atoms with van der Waals surface area (Å²) in [7, 11) is 0. The topological polar surface area (TPSA) is 90.5 Å². The van der Waals surface area contributed by atoms with Gasteiger partial charge in [0.2, 0.25) is 5.91 Å². The van der Waals surface area contributed by atoms with Crippen LogP contribution in [0.2, 0.25) is 0 Å². The Hall–Kier alpha value is -2.22. The van der Waals surface area contributed by atoms with Crippen molar-refractivity contribution in [3.8, 4) is 0 Å². The van der Waals surface area contributed by atoms with Crippen LogP contribution < -0.4 is 16.0 Å². The molecule has 0 bridgehead atoms. The minimum atomic E-state index is -1.18. The van der Waals surface area contributed by atoms with Crippen LogP contribution in [0.5, 0.6) is 0 Å². The summed E-state index contributed by atoms with van der Waals surface area (Å²) in [6, 6.07) is 1.80. The molecule has 0 aromatic heterocycles. The number of hydrogen-bond acceptors (Lipinski definition) is 3. The van der Waals surface area contributed by atoms with Crippen molar-refractivity contribution in [2.24, 2.45) is 0 Å². The fourth-order valence-electron chi connectivity index (χ4n) is 2.31. The van der Waals surface area contributed by atoms with Crippen LogP contribution in [0, 0.1) is 11.6 Å². The van der Waals surface area contributed by atoms with E-state index in [4.69, 9.17) is 0 Å². The normalized spacial score (nSPS) is 19.4. The average molecular weight is 327 g/mol. The van der Waals surface area contributed by atoms with E-state index in [9.17, 15) is 23.5 Å². The van der Waals surface area contributed by atoms with Gasteiger partial charge in [-0.1, -0.05) is 6.07 Å². The van der Waals surface area contributed by atoms with Crippen molar-refractivity contribution in [3.63, 3.8) is 0 Å². The smallest absolute Gasteiger partial charge is 0.315 e. The van der Waals surface area contributed by atoms with E-state index in [0.29, 0.717) is 13.0 Å². The highest BCUT2D eigenvalue weighted by Gasteiger charge is 2.22. The van der Waals surface area contributed by atoms with Crippen LogP contribution in [0.15, 0.2) is 18.2 Å². The number of hydrogen-bond donors (Lipinski definition) is 4. The van der Waals surface area contributed by atoms with Crippen molar-refractivity contribution in [1.29, 1.82) is 0 Å². The van der Waals surface area contributed by atoms with Crippen LogP contribution in [0.1, 0.15) is 30.9 Å². The minimum absolute atomic E-state index is 0.149. The molecule has 0 radical (unpaired) electrons. The number of carbonyl (C=O) groups is 2. The molecule has 23 heavy (non-hydrogen) atoms.